The predicted octanol–water partition coefficient (Wildman–Crippen LogP) is -0.520. The first kappa shape index (κ1) is 39.9. The maximum absolute atomic E-state index is 12.9. The van der Waals surface area contributed by atoms with Crippen LogP contribution in [0.15, 0.2) is 12.2 Å². The van der Waals surface area contributed by atoms with Crippen molar-refractivity contribution in [1.29, 1.82) is 0 Å². The van der Waals surface area contributed by atoms with E-state index in [1.807, 2.05) is 0 Å². The second-order valence-corrected chi connectivity index (χ2v) is 17.3. The molecule has 0 bridgehead atoms. The maximum atomic E-state index is 12.9. The molecule has 6 nitrogen and oxygen atoms in total. The Balaban J connectivity index is 0.00000264. The average Bonchev–Trinajstić information content (AvgIpc) is 3.27. The molecule has 0 N–H and O–H groups in total. The molecule has 44 heavy (non-hydrogen) atoms. The molecule has 0 saturated heterocycles. The summed E-state index contributed by atoms with van der Waals surface area (Å²) in [4.78, 5) is 37.2. The van der Waals surface area contributed by atoms with Gasteiger partial charge in [0.2, 0.25) is 0 Å². The molecule has 0 heterocycles. The Kier molecular flexibility index (Phi) is 12.0. The van der Waals surface area contributed by atoms with E-state index in [1.165, 1.54) is 13.8 Å². The summed E-state index contributed by atoms with van der Waals surface area (Å²) in [6.07, 6.45) is 8.91. The SMILES string of the molecule is C=C(C)[C@@H]1CC[C@]2(C(=O)[O-])CC[C@]3(C)[C@H](CC[C@@H]4[C@@]5(C)CC[C@H](OC(=O)CC(C)(C)C(=O)[O-])C(C)(C)[C@@H]5CC[C@]43C)[C@@H]12.[K+].[K+]. The molecule has 0 amide bonds. The number of carbonyl (C=O) groups is 3. The van der Waals surface area contributed by atoms with E-state index in [1.54, 1.807) is 0 Å². The van der Waals surface area contributed by atoms with Crippen LogP contribution in [-0.4, -0.2) is 24.0 Å². The third kappa shape index (κ3) is 5.87. The minimum Gasteiger partial charge on any atom is -0.550 e. The zero-order valence-corrected chi connectivity index (χ0v) is 35.6. The molecule has 5 fully saturated rings. The van der Waals surface area contributed by atoms with E-state index in [0.29, 0.717) is 24.2 Å². The largest absolute Gasteiger partial charge is 1.00 e. The Labute approximate surface area is 351 Å². The first-order chi connectivity index (χ1) is 19.3. The molecular weight excluding hydrogens is 607 g/mol. The van der Waals surface area contributed by atoms with E-state index in [0.717, 1.165) is 63.4 Å². The summed E-state index contributed by atoms with van der Waals surface area (Å²) in [6, 6.07) is 0. The topological polar surface area (TPSA) is 107 Å². The molecule has 0 aromatic rings. The molecule has 8 heteroatoms. The fourth-order valence-corrected chi connectivity index (χ4v) is 12.3. The van der Waals surface area contributed by atoms with Crippen molar-refractivity contribution in [1.82, 2.24) is 0 Å². The van der Waals surface area contributed by atoms with Gasteiger partial charge in [-0.15, -0.1) is 0 Å². The number of hydrogen-bond donors (Lipinski definition) is 0. The van der Waals surface area contributed by atoms with Gasteiger partial charge in [-0.2, -0.15) is 0 Å². The van der Waals surface area contributed by atoms with Gasteiger partial charge < -0.3 is 24.5 Å². The quantitative estimate of drug-likeness (QED) is 0.216. The Morgan fingerprint density at radius 1 is 0.818 bits per heavy atom. The summed E-state index contributed by atoms with van der Waals surface area (Å²) in [7, 11) is 0. The smallest absolute Gasteiger partial charge is 0.550 e. The van der Waals surface area contributed by atoms with Crippen LogP contribution in [-0.2, 0) is 19.1 Å². The molecule has 0 aromatic heterocycles. The van der Waals surface area contributed by atoms with Gasteiger partial charge in [0.25, 0.3) is 0 Å². The van der Waals surface area contributed by atoms with Crippen molar-refractivity contribution in [3.8, 4) is 0 Å². The fraction of sp³-hybridized carbons (Fsp3) is 0.861. The summed E-state index contributed by atoms with van der Waals surface area (Å²) in [5.74, 6) is -0.919. The van der Waals surface area contributed by atoms with Crippen LogP contribution in [0.3, 0.4) is 0 Å². The van der Waals surface area contributed by atoms with Gasteiger partial charge in [-0.05, 0) is 117 Å². The van der Waals surface area contributed by atoms with Crippen LogP contribution in [0.25, 0.3) is 0 Å². The molecular formula is C36H54K2O6. The van der Waals surface area contributed by atoms with Crippen molar-refractivity contribution in [2.75, 3.05) is 0 Å². The van der Waals surface area contributed by atoms with E-state index in [9.17, 15) is 24.6 Å². The number of fused-ring (bicyclic) bond motifs is 7. The molecule has 0 spiro atoms. The molecule has 5 saturated carbocycles. The van der Waals surface area contributed by atoms with Gasteiger partial charge in [-0.3, -0.25) is 4.79 Å². The van der Waals surface area contributed by atoms with Crippen molar-refractivity contribution < 1.29 is 132 Å². The van der Waals surface area contributed by atoms with E-state index >= 15 is 0 Å². The molecule has 0 unspecified atom stereocenters. The standard InChI is InChI=1S/C36H56O6.2K/c1-21(2)22-12-17-36(30(40)41)19-18-34(8)23(28(22)36)10-11-25-33(7)15-14-26(42-27(37)20-31(3,4)29(38)39)32(5,6)24(33)13-16-35(25,34)9;;/h22-26,28H,1,10-20H2,2-9H3,(H,38,39)(H,40,41);;/q;2*+1/p-2/t22-,23+,24-,25+,26-,28+,33-,34+,35+,36-;;/m0../s1. The van der Waals surface area contributed by atoms with Crippen LogP contribution >= 0.6 is 0 Å². The minimum atomic E-state index is -1.26. The van der Waals surface area contributed by atoms with Crippen LogP contribution in [0.4, 0.5) is 0 Å². The molecule has 5 aliphatic rings. The summed E-state index contributed by atoms with van der Waals surface area (Å²) >= 11 is 0. The van der Waals surface area contributed by atoms with Gasteiger partial charge in [0, 0.05) is 28.2 Å². The number of esters is 1. The number of carboxylic acids is 2. The number of carboxylic acid groups (broad SMARTS) is 2. The Morgan fingerprint density at radius 2 is 1.45 bits per heavy atom. The third-order valence-electron chi connectivity index (χ3n) is 14.8. The first-order valence-electron chi connectivity index (χ1n) is 16.6. The second kappa shape index (κ2) is 13.3. The molecule has 0 aromatic carbocycles. The van der Waals surface area contributed by atoms with Gasteiger partial charge in [0.05, 0.1) is 6.42 Å². The Bertz CT molecular complexity index is 1180. The number of carbonyl (C=O) groups excluding carboxylic acids is 3. The van der Waals surface area contributed by atoms with Gasteiger partial charge >= 0.3 is 109 Å². The van der Waals surface area contributed by atoms with Crippen LogP contribution < -0.4 is 113 Å². The second-order valence-electron chi connectivity index (χ2n) is 17.3. The van der Waals surface area contributed by atoms with E-state index in [4.69, 9.17) is 4.74 Å². The van der Waals surface area contributed by atoms with Gasteiger partial charge in [-0.1, -0.05) is 60.6 Å². The van der Waals surface area contributed by atoms with Gasteiger partial charge in [0.1, 0.15) is 6.10 Å². The monoisotopic (exact) mass is 660 g/mol. The van der Waals surface area contributed by atoms with Crippen LogP contribution in [0.2, 0.25) is 0 Å². The minimum absolute atomic E-state index is 0. The molecule has 0 aliphatic heterocycles. The number of rotatable bonds is 6. The maximum Gasteiger partial charge on any atom is 1.00 e. The van der Waals surface area contributed by atoms with Gasteiger partial charge in [-0.25, -0.2) is 0 Å². The van der Waals surface area contributed by atoms with Crippen LogP contribution in [0, 0.1) is 62.1 Å². The normalized spacial score (nSPS) is 43.8. The fourth-order valence-electron chi connectivity index (χ4n) is 12.3. The molecule has 10 atom stereocenters. The van der Waals surface area contributed by atoms with Crippen molar-refractivity contribution in [2.45, 2.75) is 132 Å². The molecule has 5 aliphatic carbocycles. The van der Waals surface area contributed by atoms with Crippen molar-refractivity contribution in [3.05, 3.63) is 12.2 Å². The van der Waals surface area contributed by atoms with E-state index < -0.39 is 28.7 Å². The third-order valence-corrected chi connectivity index (χ3v) is 14.8. The van der Waals surface area contributed by atoms with Crippen LogP contribution in [0.5, 0.6) is 0 Å². The number of aliphatic carboxylic acids is 2. The summed E-state index contributed by atoms with van der Waals surface area (Å²) in [6.45, 7) is 21.5. The number of hydrogen-bond acceptors (Lipinski definition) is 6. The number of ether oxygens (including phenoxy) is 1. The van der Waals surface area contributed by atoms with Crippen LogP contribution in [0.1, 0.15) is 126 Å². The van der Waals surface area contributed by atoms with Crippen molar-refractivity contribution in [2.24, 2.45) is 62.1 Å². The van der Waals surface area contributed by atoms with Crippen molar-refractivity contribution >= 4 is 17.9 Å². The summed E-state index contributed by atoms with van der Waals surface area (Å²) < 4.78 is 6.07. The summed E-state index contributed by atoms with van der Waals surface area (Å²) in [5.41, 5.74) is -0.845. The molecule has 0 radical (unpaired) electrons. The van der Waals surface area contributed by atoms with E-state index in [-0.39, 0.29) is 149 Å². The first-order valence-corrected chi connectivity index (χ1v) is 16.6. The molecule has 5 rings (SSSR count). The zero-order valence-electron chi connectivity index (χ0n) is 29.4. The Morgan fingerprint density at radius 3 is 2.02 bits per heavy atom. The van der Waals surface area contributed by atoms with E-state index in [2.05, 4.69) is 48.1 Å². The number of allylic oxidation sites excluding steroid dienone is 1. The summed E-state index contributed by atoms with van der Waals surface area (Å²) in [5, 5.41) is 24.3. The van der Waals surface area contributed by atoms with Crippen molar-refractivity contribution in [3.63, 3.8) is 0 Å². The van der Waals surface area contributed by atoms with Gasteiger partial charge in [0.15, 0.2) is 0 Å². The molecule has 236 valence electrons. The Hall–Kier alpha value is 1.42. The zero-order chi connectivity index (χ0) is 31.3. The predicted molar refractivity (Wildman–Crippen MR) is 157 cm³/mol. The average molecular weight is 661 g/mol.